The van der Waals surface area contributed by atoms with Crippen LogP contribution < -0.4 is 10.6 Å². The van der Waals surface area contributed by atoms with Crippen LogP contribution in [0.2, 0.25) is 0 Å². The van der Waals surface area contributed by atoms with Crippen LogP contribution in [0.3, 0.4) is 0 Å². The Morgan fingerprint density at radius 1 is 1.25 bits per heavy atom. The predicted molar refractivity (Wildman–Crippen MR) is 65.6 cm³/mol. The van der Waals surface area contributed by atoms with Crippen molar-refractivity contribution in [1.29, 1.82) is 0 Å². The van der Waals surface area contributed by atoms with Gasteiger partial charge in [-0.15, -0.1) is 11.3 Å². The average molecular weight is 234 g/mol. The van der Waals surface area contributed by atoms with E-state index in [-0.39, 0.29) is 11.9 Å². The van der Waals surface area contributed by atoms with E-state index in [4.69, 9.17) is 0 Å². The van der Waals surface area contributed by atoms with Gasteiger partial charge in [0.15, 0.2) is 0 Å². The van der Waals surface area contributed by atoms with Crippen LogP contribution in [0.15, 0.2) is 35.7 Å². The fourth-order valence-electron chi connectivity index (χ4n) is 1.90. The maximum atomic E-state index is 13.0. The van der Waals surface area contributed by atoms with Crippen LogP contribution in [-0.2, 0) is 0 Å². The second kappa shape index (κ2) is 3.79. The zero-order valence-electron chi connectivity index (χ0n) is 8.53. The van der Waals surface area contributed by atoms with E-state index >= 15 is 0 Å². The Labute approximate surface area is 97.1 Å². The number of hydrogen-bond acceptors (Lipinski definition) is 3. The lowest BCUT2D eigenvalue weighted by atomic mass is 10.1. The Hall–Kier alpha value is -1.55. The number of hydrogen-bond donors (Lipinski definition) is 2. The zero-order valence-corrected chi connectivity index (χ0v) is 9.35. The van der Waals surface area contributed by atoms with Crippen molar-refractivity contribution >= 4 is 22.7 Å². The quantitative estimate of drug-likeness (QED) is 0.789. The van der Waals surface area contributed by atoms with Gasteiger partial charge in [-0.2, -0.15) is 0 Å². The van der Waals surface area contributed by atoms with E-state index in [0.717, 1.165) is 17.9 Å². The highest BCUT2D eigenvalue weighted by atomic mass is 32.1. The van der Waals surface area contributed by atoms with E-state index in [2.05, 4.69) is 22.1 Å². The van der Waals surface area contributed by atoms with E-state index < -0.39 is 0 Å². The van der Waals surface area contributed by atoms with Crippen molar-refractivity contribution in [3.63, 3.8) is 0 Å². The normalized spacial score (nSPS) is 18.4. The van der Waals surface area contributed by atoms with Crippen molar-refractivity contribution in [2.45, 2.75) is 6.04 Å². The van der Waals surface area contributed by atoms with E-state index in [9.17, 15) is 4.39 Å². The summed E-state index contributed by atoms with van der Waals surface area (Å²) in [5.74, 6) is -0.206. The molecule has 0 bridgehead atoms. The molecule has 2 aromatic rings. The number of benzene rings is 1. The number of rotatable bonds is 1. The first kappa shape index (κ1) is 9.66. The molecular formula is C12H11FN2S. The van der Waals surface area contributed by atoms with Gasteiger partial charge in [0.05, 0.1) is 17.4 Å². The Kier molecular flexibility index (Phi) is 2.29. The molecule has 0 fully saturated rings. The van der Waals surface area contributed by atoms with Crippen molar-refractivity contribution in [3.05, 3.63) is 46.4 Å². The van der Waals surface area contributed by atoms with Gasteiger partial charge >= 0.3 is 0 Å². The molecule has 16 heavy (non-hydrogen) atoms. The second-order valence-electron chi connectivity index (χ2n) is 3.78. The van der Waals surface area contributed by atoms with Crippen LogP contribution >= 0.6 is 11.3 Å². The van der Waals surface area contributed by atoms with Gasteiger partial charge in [0.2, 0.25) is 0 Å². The van der Waals surface area contributed by atoms with Crippen LogP contribution in [0.1, 0.15) is 10.9 Å². The highest BCUT2D eigenvalue weighted by molar-refractivity contribution is 7.10. The molecule has 2 nitrogen and oxygen atoms in total. The van der Waals surface area contributed by atoms with Gasteiger partial charge in [-0.1, -0.05) is 6.07 Å². The third kappa shape index (κ3) is 1.65. The fraction of sp³-hybridized carbons (Fsp3) is 0.167. The molecule has 0 amide bonds. The number of fused-ring (bicyclic) bond motifs is 1. The highest BCUT2D eigenvalue weighted by Gasteiger charge is 2.19. The van der Waals surface area contributed by atoms with Crippen LogP contribution in [-0.4, -0.2) is 6.54 Å². The molecule has 82 valence electrons. The van der Waals surface area contributed by atoms with Gasteiger partial charge in [0.1, 0.15) is 5.82 Å². The Morgan fingerprint density at radius 3 is 3.00 bits per heavy atom. The molecule has 1 atom stereocenters. The van der Waals surface area contributed by atoms with Crippen molar-refractivity contribution in [2.24, 2.45) is 0 Å². The molecule has 0 radical (unpaired) electrons. The lowest BCUT2D eigenvalue weighted by molar-refractivity contribution is 0.627. The minimum absolute atomic E-state index is 0.206. The van der Waals surface area contributed by atoms with Crippen molar-refractivity contribution in [2.75, 3.05) is 17.2 Å². The Bertz CT molecular complexity index is 496. The van der Waals surface area contributed by atoms with Crippen LogP contribution in [0.4, 0.5) is 15.8 Å². The summed E-state index contributed by atoms with van der Waals surface area (Å²) in [6, 6.07) is 9.20. The third-order valence-electron chi connectivity index (χ3n) is 2.69. The Balaban J connectivity index is 1.89. The molecule has 1 unspecified atom stereocenters. The maximum absolute atomic E-state index is 13.0. The van der Waals surface area contributed by atoms with Gasteiger partial charge in [-0.25, -0.2) is 4.39 Å². The molecule has 2 N–H and O–H groups in total. The molecular weight excluding hydrogens is 223 g/mol. The zero-order chi connectivity index (χ0) is 11.0. The maximum Gasteiger partial charge on any atom is 0.125 e. The van der Waals surface area contributed by atoms with Gasteiger partial charge in [0.25, 0.3) is 0 Å². The monoisotopic (exact) mass is 234 g/mol. The van der Waals surface area contributed by atoms with Crippen molar-refractivity contribution < 1.29 is 4.39 Å². The molecule has 1 aliphatic heterocycles. The third-order valence-corrected chi connectivity index (χ3v) is 3.68. The summed E-state index contributed by atoms with van der Waals surface area (Å²) < 4.78 is 13.0. The van der Waals surface area contributed by atoms with E-state index in [1.807, 2.05) is 6.07 Å². The second-order valence-corrected chi connectivity index (χ2v) is 4.76. The van der Waals surface area contributed by atoms with E-state index in [1.165, 1.54) is 17.0 Å². The molecule has 0 saturated carbocycles. The lowest BCUT2D eigenvalue weighted by Gasteiger charge is -2.27. The summed E-state index contributed by atoms with van der Waals surface area (Å²) in [6.07, 6.45) is 0. The SMILES string of the molecule is Fc1ccc2c(c1)NCC(c1cccs1)N2. The fourth-order valence-corrected chi connectivity index (χ4v) is 2.68. The first-order valence-electron chi connectivity index (χ1n) is 5.16. The smallest absolute Gasteiger partial charge is 0.125 e. The molecule has 0 saturated heterocycles. The summed E-state index contributed by atoms with van der Waals surface area (Å²) in [4.78, 5) is 1.29. The highest BCUT2D eigenvalue weighted by Crippen LogP contribution is 2.33. The molecule has 1 aromatic carbocycles. The minimum atomic E-state index is -0.206. The van der Waals surface area contributed by atoms with Crippen molar-refractivity contribution in [3.8, 4) is 0 Å². The molecule has 2 heterocycles. The Morgan fingerprint density at radius 2 is 2.19 bits per heavy atom. The molecule has 1 aliphatic rings. The largest absolute Gasteiger partial charge is 0.381 e. The number of halogens is 1. The summed E-state index contributed by atoms with van der Waals surface area (Å²) in [7, 11) is 0. The number of thiophene rings is 1. The first-order chi connectivity index (χ1) is 7.83. The van der Waals surface area contributed by atoms with E-state index in [1.54, 1.807) is 17.4 Å². The van der Waals surface area contributed by atoms with Crippen LogP contribution in [0.5, 0.6) is 0 Å². The van der Waals surface area contributed by atoms with Crippen molar-refractivity contribution in [1.82, 2.24) is 0 Å². The predicted octanol–water partition coefficient (Wildman–Crippen LogP) is 3.47. The average Bonchev–Trinajstić information content (AvgIpc) is 2.82. The standard InChI is InChI=1S/C12H11FN2S/c13-8-3-4-9-10(6-8)14-7-11(15-9)12-2-1-5-16-12/h1-6,11,14-15H,7H2. The summed E-state index contributed by atoms with van der Waals surface area (Å²) in [5, 5.41) is 8.72. The van der Waals surface area contributed by atoms with Gasteiger partial charge < -0.3 is 10.6 Å². The minimum Gasteiger partial charge on any atom is -0.381 e. The van der Waals surface area contributed by atoms with Gasteiger partial charge in [-0.05, 0) is 29.6 Å². The first-order valence-corrected chi connectivity index (χ1v) is 6.04. The summed E-state index contributed by atoms with van der Waals surface area (Å²) >= 11 is 1.73. The molecule has 3 rings (SSSR count). The lowest BCUT2D eigenvalue weighted by Crippen LogP contribution is -2.25. The summed E-state index contributed by atoms with van der Waals surface area (Å²) in [5.41, 5.74) is 1.80. The number of anilines is 2. The summed E-state index contributed by atoms with van der Waals surface area (Å²) in [6.45, 7) is 0.789. The molecule has 0 aliphatic carbocycles. The van der Waals surface area contributed by atoms with Crippen LogP contribution in [0, 0.1) is 5.82 Å². The topological polar surface area (TPSA) is 24.1 Å². The van der Waals surface area contributed by atoms with Gasteiger partial charge in [-0.3, -0.25) is 0 Å². The molecule has 1 aromatic heterocycles. The van der Waals surface area contributed by atoms with E-state index in [0.29, 0.717) is 0 Å². The van der Waals surface area contributed by atoms with Crippen LogP contribution in [0.25, 0.3) is 0 Å². The van der Waals surface area contributed by atoms with Gasteiger partial charge in [0, 0.05) is 11.4 Å². The molecule has 0 spiro atoms. The number of nitrogens with one attached hydrogen (secondary N) is 2. The molecule has 4 heteroatoms.